The fraction of sp³-hybridized carbons (Fsp3) is 0.786. The summed E-state index contributed by atoms with van der Waals surface area (Å²) in [6.45, 7) is 11.6. The maximum atomic E-state index is 5.81. The van der Waals surface area contributed by atoms with Crippen LogP contribution in [0.1, 0.15) is 32.6 Å². The van der Waals surface area contributed by atoms with Crippen LogP contribution in [0.4, 0.5) is 5.69 Å². The zero-order valence-corrected chi connectivity index (χ0v) is 23.4. The third-order valence-corrected chi connectivity index (χ3v) is 5.15. The molecular formula is C28H51NO9. The molecule has 2 N–H and O–H groups in total. The lowest BCUT2D eigenvalue weighted by Crippen LogP contribution is -2.15. The van der Waals surface area contributed by atoms with E-state index < -0.39 is 0 Å². The number of nitrogen functional groups attached to an aromatic ring is 1. The van der Waals surface area contributed by atoms with Crippen LogP contribution in [0.3, 0.4) is 0 Å². The molecule has 10 nitrogen and oxygen atoms in total. The summed E-state index contributed by atoms with van der Waals surface area (Å²) in [5.74, 6) is 0.674. The fourth-order valence-electron chi connectivity index (χ4n) is 3.09. The van der Waals surface area contributed by atoms with Crippen molar-refractivity contribution >= 4 is 5.69 Å². The largest absolute Gasteiger partial charge is 0.489 e. The normalized spacial score (nSPS) is 11.3. The average molecular weight is 546 g/mol. The van der Waals surface area contributed by atoms with Crippen molar-refractivity contribution in [2.45, 2.75) is 32.6 Å². The molecule has 222 valence electrons. The highest BCUT2D eigenvalue weighted by molar-refractivity contribution is 5.51. The Bertz CT molecular complexity index is 609. The predicted octanol–water partition coefficient (Wildman–Crippen LogP) is 3.36. The van der Waals surface area contributed by atoms with E-state index in [1.165, 1.54) is 19.3 Å². The molecule has 0 amide bonds. The first-order valence-corrected chi connectivity index (χ1v) is 13.9. The van der Waals surface area contributed by atoms with Crippen molar-refractivity contribution in [3.8, 4) is 5.75 Å². The van der Waals surface area contributed by atoms with E-state index in [0.29, 0.717) is 117 Å². The molecule has 38 heavy (non-hydrogen) atoms. The van der Waals surface area contributed by atoms with E-state index in [0.717, 1.165) is 13.0 Å². The van der Waals surface area contributed by atoms with Gasteiger partial charge >= 0.3 is 0 Å². The van der Waals surface area contributed by atoms with Gasteiger partial charge in [-0.1, -0.05) is 38.3 Å². The standard InChI is InChI=1S/C28H51NO9/c1-2-3-4-7-10-30-11-12-31-13-14-32-15-16-33-17-18-34-19-20-35-21-22-36-23-24-37-25-26-38-28-9-6-5-8-27(28)29/h5-6,8-9H,2-4,7,10-26,29H2,1H3. The maximum absolute atomic E-state index is 5.81. The Labute approximate surface area is 229 Å². The smallest absolute Gasteiger partial charge is 0.142 e. The van der Waals surface area contributed by atoms with E-state index in [9.17, 15) is 0 Å². The molecule has 0 fully saturated rings. The van der Waals surface area contributed by atoms with Gasteiger partial charge in [-0.2, -0.15) is 0 Å². The van der Waals surface area contributed by atoms with Gasteiger partial charge in [0.05, 0.1) is 105 Å². The zero-order chi connectivity index (χ0) is 27.2. The Morgan fingerprint density at radius 1 is 0.447 bits per heavy atom. The molecule has 0 aliphatic rings. The number of benzene rings is 1. The highest BCUT2D eigenvalue weighted by atomic mass is 16.6. The van der Waals surface area contributed by atoms with Crippen molar-refractivity contribution in [3.63, 3.8) is 0 Å². The lowest BCUT2D eigenvalue weighted by Gasteiger charge is -2.09. The maximum Gasteiger partial charge on any atom is 0.142 e. The summed E-state index contributed by atoms with van der Waals surface area (Å²) in [4.78, 5) is 0. The number of para-hydroxylation sites is 2. The quantitative estimate of drug-likeness (QED) is 0.114. The van der Waals surface area contributed by atoms with Gasteiger partial charge in [0.15, 0.2) is 0 Å². The molecule has 10 heteroatoms. The van der Waals surface area contributed by atoms with E-state index >= 15 is 0 Å². The molecule has 0 saturated heterocycles. The predicted molar refractivity (Wildman–Crippen MR) is 147 cm³/mol. The average Bonchev–Trinajstić information content (AvgIpc) is 2.93. The molecular weight excluding hydrogens is 494 g/mol. The number of hydrogen-bond donors (Lipinski definition) is 1. The minimum absolute atomic E-state index is 0.446. The Hall–Kier alpha value is -1.50. The number of ether oxygens (including phenoxy) is 9. The van der Waals surface area contributed by atoms with Crippen molar-refractivity contribution in [2.24, 2.45) is 0 Å². The van der Waals surface area contributed by atoms with Crippen molar-refractivity contribution in [2.75, 3.05) is 118 Å². The van der Waals surface area contributed by atoms with Gasteiger partial charge in [0.2, 0.25) is 0 Å². The highest BCUT2D eigenvalue weighted by Gasteiger charge is 1.98. The Morgan fingerprint density at radius 3 is 1.21 bits per heavy atom. The van der Waals surface area contributed by atoms with Gasteiger partial charge in [-0.3, -0.25) is 0 Å². The van der Waals surface area contributed by atoms with Crippen molar-refractivity contribution < 1.29 is 42.6 Å². The van der Waals surface area contributed by atoms with Crippen LogP contribution in [-0.2, 0) is 37.9 Å². The first-order valence-electron chi connectivity index (χ1n) is 13.9. The zero-order valence-electron chi connectivity index (χ0n) is 23.4. The van der Waals surface area contributed by atoms with Crippen LogP contribution in [-0.4, -0.2) is 112 Å². The van der Waals surface area contributed by atoms with E-state index in [1.807, 2.05) is 18.2 Å². The van der Waals surface area contributed by atoms with Crippen LogP contribution in [0.15, 0.2) is 24.3 Å². The molecule has 0 saturated carbocycles. The molecule has 0 aromatic heterocycles. The summed E-state index contributed by atoms with van der Waals surface area (Å²) < 4.78 is 49.4. The van der Waals surface area contributed by atoms with Crippen LogP contribution in [0.25, 0.3) is 0 Å². The third-order valence-electron chi connectivity index (χ3n) is 5.15. The molecule has 0 heterocycles. The summed E-state index contributed by atoms with van der Waals surface area (Å²) in [6, 6.07) is 7.39. The first-order chi connectivity index (χ1) is 18.8. The fourth-order valence-corrected chi connectivity index (χ4v) is 3.09. The number of hydrogen-bond acceptors (Lipinski definition) is 10. The summed E-state index contributed by atoms with van der Waals surface area (Å²) in [5.41, 5.74) is 6.43. The van der Waals surface area contributed by atoms with Crippen LogP contribution in [0, 0.1) is 0 Å². The van der Waals surface area contributed by atoms with E-state index in [1.54, 1.807) is 6.07 Å². The molecule has 0 radical (unpaired) electrons. The molecule has 1 aromatic carbocycles. The lowest BCUT2D eigenvalue weighted by molar-refractivity contribution is -0.0236. The molecule has 0 bridgehead atoms. The van der Waals surface area contributed by atoms with Crippen molar-refractivity contribution in [1.29, 1.82) is 0 Å². The van der Waals surface area contributed by atoms with Crippen molar-refractivity contribution in [3.05, 3.63) is 24.3 Å². The monoisotopic (exact) mass is 545 g/mol. The van der Waals surface area contributed by atoms with Gasteiger partial charge in [0, 0.05) is 6.61 Å². The van der Waals surface area contributed by atoms with Gasteiger partial charge in [0.25, 0.3) is 0 Å². The van der Waals surface area contributed by atoms with E-state index in [4.69, 9.17) is 48.4 Å². The van der Waals surface area contributed by atoms with Crippen LogP contribution >= 0.6 is 0 Å². The van der Waals surface area contributed by atoms with Gasteiger partial charge in [0.1, 0.15) is 12.4 Å². The van der Waals surface area contributed by atoms with E-state index in [-0.39, 0.29) is 0 Å². The van der Waals surface area contributed by atoms with Gasteiger partial charge in [-0.25, -0.2) is 0 Å². The van der Waals surface area contributed by atoms with Crippen LogP contribution in [0.2, 0.25) is 0 Å². The minimum atomic E-state index is 0.446. The summed E-state index contributed by atoms with van der Waals surface area (Å²) in [6.07, 6.45) is 4.90. The molecule has 0 spiro atoms. The van der Waals surface area contributed by atoms with Gasteiger partial charge < -0.3 is 48.4 Å². The highest BCUT2D eigenvalue weighted by Crippen LogP contribution is 2.19. The number of nitrogens with two attached hydrogens (primary N) is 1. The lowest BCUT2D eigenvalue weighted by atomic mass is 10.2. The molecule has 0 aliphatic carbocycles. The Balaban J connectivity index is 1.65. The van der Waals surface area contributed by atoms with Gasteiger partial charge in [-0.05, 0) is 18.6 Å². The molecule has 1 aromatic rings. The minimum Gasteiger partial charge on any atom is -0.489 e. The second-order valence-electron chi connectivity index (χ2n) is 8.35. The number of rotatable bonds is 30. The Morgan fingerprint density at radius 2 is 0.816 bits per heavy atom. The van der Waals surface area contributed by atoms with Crippen LogP contribution in [0.5, 0.6) is 5.75 Å². The number of unbranched alkanes of at least 4 members (excludes halogenated alkanes) is 3. The SMILES string of the molecule is CCCCCCOCCOCCOCCOCCOCCOCCOCCOCCOc1ccccc1N. The molecule has 0 aliphatic heterocycles. The Kier molecular flexibility index (Phi) is 25.9. The second-order valence-corrected chi connectivity index (χ2v) is 8.35. The van der Waals surface area contributed by atoms with Crippen molar-refractivity contribution in [1.82, 2.24) is 0 Å². The first kappa shape index (κ1) is 34.5. The second kappa shape index (κ2) is 28.5. The van der Waals surface area contributed by atoms with E-state index in [2.05, 4.69) is 6.92 Å². The van der Waals surface area contributed by atoms with Gasteiger partial charge in [-0.15, -0.1) is 0 Å². The molecule has 0 atom stereocenters. The summed E-state index contributed by atoms with van der Waals surface area (Å²) >= 11 is 0. The third kappa shape index (κ3) is 23.6. The molecule has 0 unspecified atom stereocenters. The number of anilines is 1. The molecule has 1 rings (SSSR count). The topological polar surface area (TPSA) is 109 Å². The summed E-state index contributed by atoms with van der Waals surface area (Å²) in [5, 5.41) is 0. The van der Waals surface area contributed by atoms with Crippen LogP contribution < -0.4 is 10.5 Å². The summed E-state index contributed by atoms with van der Waals surface area (Å²) in [7, 11) is 0.